The fraction of sp³-hybridized carbons (Fsp3) is 0.357. The smallest absolute Gasteiger partial charge is 0.259 e. The lowest BCUT2D eigenvalue weighted by Gasteiger charge is -2.12. The summed E-state index contributed by atoms with van der Waals surface area (Å²) in [6, 6.07) is 1.54. The van der Waals surface area contributed by atoms with Crippen molar-refractivity contribution in [3.63, 3.8) is 0 Å². The van der Waals surface area contributed by atoms with Crippen molar-refractivity contribution < 1.29 is 14.3 Å². The quantitative estimate of drug-likeness (QED) is 0.927. The lowest BCUT2D eigenvalue weighted by Crippen LogP contribution is -2.17. The van der Waals surface area contributed by atoms with E-state index in [1.165, 1.54) is 23.6 Å². The minimum Gasteiger partial charge on any atom is -0.471 e. The molecular formula is C14H14ClN3O3S. The van der Waals surface area contributed by atoms with E-state index in [4.69, 9.17) is 21.1 Å². The Labute approximate surface area is 136 Å². The van der Waals surface area contributed by atoms with Crippen molar-refractivity contribution in [2.24, 2.45) is 0 Å². The standard InChI is InChI=1S/C14H14ClN3O3S/c1-8-5-17-14(22-8)18-12(19)9-4-11(15)13(16-6-9)21-10-2-3-20-7-10/h4-6,10H,2-3,7H2,1H3,(H,17,18,19). The van der Waals surface area contributed by atoms with Crippen LogP contribution >= 0.6 is 22.9 Å². The molecule has 0 spiro atoms. The second-order valence-electron chi connectivity index (χ2n) is 4.84. The number of anilines is 1. The summed E-state index contributed by atoms with van der Waals surface area (Å²) in [5, 5.41) is 3.55. The van der Waals surface area contributed by atoms with E-state index in [2.05, 4.69) is 15.3 Å². The highest BCUT2D eigenvalue weighted by atomic mass is 35.5. The van der Waals surface area contributed by atoms with Gasteiger partial charge in [0.15, 0.2) is 5.13 Å². The normalized spacial score (nSPS) is 17.5. The van der Waals surface area contributed by atoms with Crippen molar-refractivity contribution in [1.29, 1.82) is 0 Å². The molecule has 116 valence electrons. The molecule has 6 nitrogen and oxygen atoms in total. The molecule has 1 N–H and O–H groups in total. The van der Waals surface area contributed by atoms with Gasteiger partial charge in [0.25, 0.3) is 5.91 Å². The maximum atomic E-state index is 12.1. The van der Waals surface area contributed by atoms with E-state index in [1.54, 1.807) is 6.20 Å². The van der Waals surface area contributed by atoms with Gasteiger partial charge in [0.1, 0.15) is 11.1 Å². The summed E-state index contributed by atoms with van der Waals surface area (Å²) in [6.07, 6.45) is 3.91. The van der Waals surface area contributed by atoms with Crippen LogP contribution in [0.4, 0.5) is 5.13 Å². The van der Waals surface area contributed by atoms with Gasteiger partial charge in [-0.1, -0.05) is 11.6 Å². The molecule has 0 aliphatic carbocycles. The van der Waals surface area contributed by atoms with Gasteiger partial charge >= 0.3 is 0 Å². The Morgan fingerprint density at radius 3 is 3.00 bits per heavy atom. The number of hydrogen-bond donors (Lipinski definition) is 1. The Balaban J connectivity index is 1.69. The molecule has 1 fully saturated rings. The van der Waals surface area contributed by atoms with Gasteiger partial charge in [-0.2, -0.15) is 0 Å². The van der Waals surface area contributed by atoms with Gasteiger partial charge in [-0.25, -0.2) is 9.97 Å². The fourth-order valence-corrected chi connectivity index (χ4v) is 2.85. The van der Waals surface area contributed by atoms with Crippen LogP contribution in [-0.2, 0) is 4.74 Å². The number of ether oxygens (including phenoxy) is 2. The second kappa shape index (κ2) is 6.60. The summed E-state index contributed by atoms with van der Waals surface area (Å²) >= 11 is 7.54. The molecule has 1 unspecified atom stereocenters. The Kier molecular flexibility index (Phi) is 4.56. The predicted molar refractivity (Wildman–Crippen MR) is 83.9 cm³/mol. The number of hydrogen-bond acceptors (Lipinski definition) is 6. The lowest BCUT2D eigenvalue weighted by molar-refractivity contribution is 0.102. The zero-order valence-corrected chi connectivity index (χ0v) is 13.4. The van der Waals surface area contributed by atoms with Crippen LogP contribution in [0.2, 0.25) is 5.02 Å². The molecule has 1 atom stereocenters. The minimum atomic E-state index is -0.306. The fourth-order valence-electron chi connectivity index (χ4n) is 1.98. The first-order valence-corrected chi connectivity index (χ1v) is 7.95. The molecule has 0 bridgehead atoms. The van der Waals surface area contributed by atoms with Crippen molar-refractivity contribution in [3.8, 4) is 5.88 Å². The second-order valence-corrected chi connectivity index (χ2v) is 6.49. The SMILES string of the molecule is Cc1cnc(NC(=O)c2cnc(OC3CCOC3)c(Cl)c2)s1. The number of nitrogens with one attached hydrogen (secondary N) is 1. The molecule has 1 aliphatic rings. The molecule has 3 heterocycles. The molecule has 2 aromatic heterocycles. The summed E-state index contributed by atoms with van der Waals surface area (Å²) in [7, 11) is 0. The number of amides is 1. The van der Waals surface area contributed by atoms with Gasteiger partial charge in [0.2, 0.25) is 5.88 Å². The number of thiazole rings is 1. The molecule has 22 heavy (non-hydrogen) atoms. The summed E-state index contributed by atoms with van der Waals surface area (Å²) in [5.41, 5.74) is 0.355. The third-order valence-corrected chi connectivity index (χ3v) is 4.18. The van der Waals surface area contributed by atoms with Crippen LogP contribution in [0.15, 0.2) is 18.5 Å². The highest BCUT2D eigenvalue weighted by molar-refractivity contribution is 7.15. The Morgan fingerprint density at radius 1 is 1.50 bits per heavy atom. The first kappa shape index (κ1) is 15.2. The highest BCUT2D eigenvalue weighted by Gasteiger charge is 2.20. The number of aryl methyl sites for hydroxylation is 1. The van der Waals surface area contributed by atoms with E-state index in [-0.39, 0.29) is 12.0 Å². The average molecular weight is 340 g/mol. The van der Waals surface area contributed by atoms with Crippen molar-refractivity contribution in [2.75, 3.05) is 18.5 Å². The first-order valence-electron chi connectivity index (χ1n) is 6.75. The summed E-state index contributed by atoms with van der Waals surface area (Å²) < 4.78 is 10.9. The van der Waals surface area contributed by atoms with Crippen molar-refractivity contribution in [2.45, 2.75) is 19.4 Å². The van der Waals surface area contributed by atoms with E-state index >= 15 is 0 Å². The third-order valence-electron chi connectivity index (χ3n) is 3.08. The zero-order chi connectivity index (χ0) is 15.5. The van der Waals surface area contributed by atoms with E-state index < -0.39 is 0 Å². The number of rotatable bonds is 4. The molecule has 0 radical (unpaired) electrons. The minimum absolute atomic E-state index is 0.0389. The van der Waals surface area contributed by atoms with Crippen LogP contribution in [0.1, 0.15) is 21.7 Å². The summed E-state index contributed by atoms with van der Waals surface area (Å²) in [6.45, 7) is 3.13. The molecule has 8 heteroatoms. The number of aromatic nitrogens is 2. The maximum Gasteiger partial charge on any atom is 0.259 e. The number of pyridine rings is 1. The Morgan fingerprint density at radius 2 is 2.36 bits per heavy atom. The van der Waals surface area contributed by atoms with Gasteiger partial charge in [0, 0.05) is 23.7 Å². The molecule has 1 amide bonds. The molecular weight excluding hydrogens is 326 g/mol. The molecule has 3 rings (SSSR count). The first-order chi connectivity index (χ1) is 10.6. The van der Waals surface area contributed by atoms with Crippen LogP contribution in [0.5, 0.6) is 5.88 Å². The van der Waals surface area contributed by atoms with E-state index in [1.807, 2.05) is 6.92 Å². The van der Waals surface area contributed by atoms with E-state index in [0.29, 0.717) is 34.8 Å². The summed E-state index contributed by atoms with van der Waals surface area (Å²) in [5.74, 6) is 0.0123. The Bertz CT molecular complexity index is 686. The molecule has 1 saturated heterocycles. The molecule has 1 aliphatic heterocycles. The van der Waals surface area contributed by atoms with Crippen molar-refractivity contribution in [1.82, 2.24) is 9.97 Å². The number of nitrogens with zero attached hydrogens (tertiary/aromatic N) is 2. The van der Waals surface area contributed by atoms with Crippen LogP contribution in [0.3, 0.4) is 0 Å². The van der Waals surface area contributed by atoms with Crippen molar-refractivity contribution >= 4 is 34.0 Å². The third kappa shape index (κ3) is 3.55. The van der Waals surface area contributed by atoms with Gasteiger partial charge in [-0.3, -0.25) is 10.1 Å². The monoisotopic (exact) mass is 339 g/mol. The van der Waals surface area contributed by atoms with Crippen molar-refractivity contribution in [3.05, 3.63) is 33.9 Å². The van der Waals surface area contributed by atoms with Gasteiger partial charge in [0.05, 0.1) is 18.8 Å². The largest absolute Gasteiger partial charge is 0.471 e. The topological polar surface area (TPSA) is 73.3 Å². The lowest BCUT2D eigenvalue weighted by atomic mass is 10.2. The number of carbonyl (C=O) groups excluding carboxylic acids is 1. The predicted octanol–water partition coefficient (Wildman–Crippen LogP) is 2.92. The van der Waals surface area contributed by atoms with Crippen LogP contribution in [0, 0.1) is 6.92 Å². The Hall–Kier alpha value is -1.70. The molecule has 0 aromatic carbocycles. The molecule has 2 aromatic rings. The van der Waals surface area contributed by atoms with Crippen LogP contribution in [0.25, 0.3) is 0 Å². The maximum absolute atomic E-state index is 12.1. The van der Waals surface area contributed by atoms with E-state index in [9.17, 15) is 4.79 Å². The number of halogens is 1. The summed E-state index contributed by atoms with van der Waals surface area (Å²) in [4.78, 5) is 21.4. The van der Waals surface area contributed by atoms with Gasteiger partial charge in [-0.15, -0.1) is 11.3 Å². The van der Waals surface area contributed by atoms with Crippen LogP contribution < -0.4 is 10.1 Å². The van der Waals surface area contributed by atoms with Gasteiger partial charge in [-0.05, 0) is 13.0 Å². The highest BCUT2D eigenvalue weighted by Crippen LogP contribution is 2.26. The van der Waals surface area contributed by atoms with Crippen LogP contribution in [-0.4, -0.2) is 35.2 Å². The zero-order valence-electron chi connectivity index (χ0n) is 11.8. The van der Waals surface area contributed by atoms with Gasteiger partial charge < -0.3 is 9.47 Å². The van der Waals surface area contributed by atoms with E-state index in [0.717, 1.165) is 11.3 Å². The average Bonchev–Trinajstić information content (AvgIpc) is 3.13. The molecule has 0 saturated carbocycles. The number of carbonyl (C=O) groups is 1.